The van der Waals surface area contributed by atoms with E-state index >= 15 is 0 Å². The van der Waals surface area contributed by atoms with Gasteiger partial charge in [0.2, 0.25) is 0 Å². The molecule has 1 aromatic carbocycles. The molecule has 0 aliphatic carbocycles. The van der Waals surface area contributed by atoms with Crippen molar-refractivity contribution < 1.29 is 9.66 Å². The van der Waals surface area contributed by atoms with Gasteiger partial charge in [-0.1, -0.05) is 6.07 Å². The summed E-state index contributed by atoms with van der Waals surface area (Å²) in [5, 5.41) is 14.1. The van der Waals surface area contributed by atoms with Crippen molar-refractivity contribution in [1.82, 2.24) is 0 Å². The monoisotopic (exact) mass is 250 g/mol. The first-order valence-corrected chi connectivity index (χ1v) is 6.13. The molecule has 0 saturated carbocycles. The molecule has 0 bridgehead atoms. The molecule has 5 nitrogen and oxygen atoms in total. The highest BCUT2D eigenvalue weighted by Crippen LogP contribution is 2.29. The fourth-order valence-corrected chi connectivity index (χ4v) is 2.21. The van der Waals surface area contributed by atoms with Crippen molar-refractivity contribution in [2.75, 3.05) is 18.5 Å². The molecular formula is C13H18N2O3. The van der Waals surface area contributed by atoms with E-state index in [1.807, 2.05) is 13.8 Å². The number of nitrogens with zero attached hydrogens (tertiary/aromatic N) is 1. The molecule has 98 valence electrons. The first kappa shape index (κ1) is 12.8. The molecule has 1 unspecified atom stereocenters. The van der Waals surface area contributed by atoms with E-state index < -0.39 is 0 Å². The van der Waals surface area contributed by atoms with E-state index in [0.717, 1.165) is 25.0 Å². The van der Waals surface area contributed by atoms with E-state index in [0.29, 0.717) is 12.2 Å². The molecule has 1 N–H and O–H groups in total. The highest BCUT2D eigenvalue weighted by Gasteiger charge is 2.30. The Morgan fingerprint density at radius 2 is 2.33 bits per heavy atom. The molecular weight excluding hydrogens is 232 g/mol. The van der Waals surface area contributed by atoms with Gasteiger partial charge in [0, 0.05) is 19.2 Å². The maximum atomic E-state index is 10.9. The van der Waals surface area contributed by atoms with Gasteiger partial charge in [-0.05, 0) is 38.3 Å². The van der Waals surface area contributed by atoms with Crippen LogP contribution in [0.15, 0.2) is 18.2 Å². The first-order chi connectivity index (χ1) is 8.50. The summed E-state index contributed by atoms with van der Waals surface area (Å²) in [6.45, 7) is 5.32. The van der Waals surface area contributed by atoms with Crippen LogP contribution in [-0.2, 0) is 4.74 Å². The number of hydrogen-bond donors (Lipinski definition) is 1. The quantitative estimate of drug-likeness (QED) is 0.659. The summed E-state index contributed by atoms with van der Waals surface area (Å²) >= 11 is 0. The Kier molecular flexibility index (Phi) is 3.52. The summed E-state index contributed by atoms with van der Waals surface area (Å²) in [4.78, 5) is 10.6. The number of rotatable bonds is 4. The van der Waals surface area contributed by atoms with E-state index in [1.165, 1.54) is 6.07 Å². The molecule has 1 aliphatic rings. The summed E-state index contributed by atoms with van der Waals surface area (Å²) in [5.41, 5.74) is 1.47. The van der Waals surface area contributed by atoms with Crippen LogP contribution in [0.5, 0.6) is 0 Å². The van der Waals surface area contributed by atoms with Gasteiger partial charge in [0.05, 0.1) is 10.5 Å². The van der Waals surface area contributed by atoms with Crippen molar-refractivity contribution in [2.45, 2.75) is 32.3 Å². The maximum Gasteiger partial charge on any atom is 0.292 e. The minimum absolute atomic E-state index is 0.113. The number of anilines is 1. The highest BCUT2D eigenvalue weighted by molar-refractivity contribution is 5.62. The lowest BCUT2D eigenvalue weighted by Crippen LogP contribution is -2.32. The van der Waals surface area contributed by atoms with Gasteiger partial charge in [0.1, 0.15) is 5.69 Å². The normalized spacial score (nSPS) is 23.0. The molecule has 1 saturated heterocycles. The predicted octanol–water partition coefficient (Wildman–Crippen LogP) is 2.88. The van der Waals surface area contributed by atoms with Crippen molar-refractivity contribution in [3.63, 3.8) is 0 Å². The zero-order chi connectivity index (χ0) is 13.2. The molecule has 0 aromatic heterocycles. The van der Waals surface area contributed by atoms with E-state index in [4.69, 9.17) is 4.74 Å². The third-order valence-corrected chi connectivity index (χ3v) is 3.30. The number of aryl methyl sites for hydroxylation is 1. The Balaban J connectivity index is 2.12. The second kappa shape index (κ2) is 4.94. The Labute approximate surface area is 106 Å². The van der Waals surface area contributed by atoms with E-state index in [2.05, 4.69) is 5.32 Å². The zero-order valence-corrected chi connectivity index (χ0v) is 10.7. The van der Waals surface area contributed by atoms with Crippen LogP contribution in [0, 0.1) is 17.0 Å². The first-order valence-electron chi connectivity index (χ1n) is 6.13. The van der Waals surface area contributed by atoms with Crippen LogP contribution in [0.1, 0.15) is 25.3 Å². The fourth-order valence-electron chi connectivity index (χ4n) is 2.21. The van der Waals surface area contributed by atoms with Crippen LogP contribution >= 0.6 is 0 Å². The summed E-state index contributed by atoms with van der Waals surface area (Å²) in [7, 11) is 0. The largest absolute Gasteiger partial charge is 0.377 e. The predicted molar refractivity (Wildman–Crippen MR) is 69.9 cm³/mol. The molecule has 0 amide bonds. The van der Waals surface area contributed by atoms with Crippen LogP contribution in [0.25, 0.3) is 0 Å². The van der Waals surface area contributed by atoms with Crippen LogP contribution < -0.4 is 5.32 Å². The van der Waals surface area contributed by atoms with Crippen molar-refractivity contribution in [3.8, 4) is 0 Å². The third kappa shape index (κ3) is 2.79. The SMILES string of the molecule is Cc1ccc([N+](=O)[O-])c(NCC2(C)CCCO2)c1. The highest BCUT2D eigenvalue weighted by atomic mass is 16.6. The Morgan fingerprint density at radius 1 is 1.56 bits per heavy atom. The molecule has 1 fully saturated rings. The summed E-state index contributed by atoms with van der Waals surface area (Å²) in [5.74, 6) is 0. The molecule has 1 heterocycles. The molecule has 0 spiro atoms. The molecule has 1 atom stereocenters. The Hall–Kier alpha value is -1.62. The summed E-state index contributed by atoms with van der Waals surface area (Å²) < 4.78 is 5.66. The number of nitro benzene ring substituents is 1. The molecule has 18 heavy (non-hydrogen) atoms. The van der Waals surface area contributed by atoms with Crippen molar-refractivity contribution >= 4 is 11.4 Å². The summed E-state index contributed by atoms with van der Waals surface area (Å²) in [6, 6.07) is 5.09. The lowest BCUT2D eigenvalue weighted by Gasteiger charge is -2.24. The number of nitro groups is 1. The second-order valence-corrected chi connectivity index (χ2v) is 5.03. The number of hydrogen-bond acceptors (Lipinski definition) is 4. The van der Waals surface area contributed by atoms with Gasteiger partial charge in [-0.2, -0.15) is 0 Å². The van der Waals surface area contributed by atoms with Gasteiger partial charge in [-0.25, -0.2) is 0 Å². The van der Waals surface area contributed by atoms with Gasteiger partial charge in [-0.15, -0.1) is 0 Å². The van der Waals surface area contributed by atoms with Gasteiger partial charge >= 0.3 is 0 Å². The number of nitrogens with one attached hydrogen (secondary N) is 1. The molecule has 5 heteroatoms. The van der Waals surface area contributed by atoms with Crippen molar-refractivity contribution in [2.24, 2.45) is 0 Å². The summed E-state index contributed by atoms with van der Waals surface area (Å²) in [6.07, 6.45) is 2.04. The van der Waals surface area contributed by atoms with Crippen LogP contribution in [-0.4, -0.2) is 23.7 Å². The van der Waals surface area contributed by atoms with Crippen LogP contribution in [0.4, 0.5) is 11.4 Å². The average molecular weight is 250 g/mol. The molecule has 0 radical (unpaired) electrons. The molecule has 2 rings (SSSR count). The Morgan fingerprint density at radius 3 is 2.94 bits per heavy atom. The van der Waals surface area contributed by atoms with Crippen LogP contribution in [0.3, 0.4) is 0 Å². The van der Waals surface area contributed by atoms with Crippen molar-refractivity contribution in [1.29, 1.82) is 0 Å². The van der Waals surface area contributed by atoms with Gasteiger partial charge in [-0.3, -0.25) is 10.1 Å². The minimum Gasteiger partial charge on any atom is -0.377 e. The topological polar surface area (TPSA) is 64.4 Å². The van der Waals surface area contributed by atoms with Crippen molar-refractivity contribution in [3.05, 3.63) is 33.9 Å². The number of benzene rings is 1. The maximum absolute atomic E-state index is 10.9. The standard InChI is InChI=1S/C13H18N2O3/c1-10-4-5-12(15(16)17)11(8-10)14-9-13(2)6-3-7-18-13/h4-5,8,14H,3,6-7,9H2,1-2H3. The third-order valence-electron chi connectivity index (χ3n) is 3.30. The molecule has 1 aliphatic heterocycles. The van der Waals surface area contributed by atoms with Gasteiger partial charge in [0.25, 0.3) is 5.69 Å². The lowest BCUT2D eigenvalue weighted by atomic mass is 10.0. The number of ether oxygens (including phenoxy) is 1. The Bertz CT molecular complexity index is 454. The second-order valence-electron chi connectivity index (χ2n) is 5.03. The van der Waals surface area contributed by atoms with Crippen LogP contribution in [0.2, 0.25) is 0 Å². The fraction of sp³-hybridized carbons (Fsp3) is 0.538. The zero-order valence-electron chi connectivity index (χ0n) is 10.7. The molecule has 1 aromatic rings. The minimum atomic E-state index is -0.361. The van der Waals surface area contributed by atoms with Gasteiger partial charge in [0.15, 0.2) is 0 Å². The van der Waals surface area contributed by atoms with E-state index in [1.54, 1.807) is 12.1 Å². The van der Waals surface area contributed by atoms with E-state index in [-0.39, 0.29) is 16.2 Å². The van der Waals surface area contributed by atoms with E-state index in [9.17, 15) is 10.1 Å². The lowest BCUT2D eigenvalue weighted by molar-refractivity contribution is -0.384. The smallest absolute Gasteiger partial charge is 0.292 e. The average Bonchev–Trinajstić information content (AvgIpc) is 2.74. The van der Waals surface area contributed by atoms with Gasteiger partial charge < -0.3 is 10.1 Å².